The molecule has 1 unspecified atom stereocenters. The molecule has 0 heterocycles. The van der Waals surface area contributed by atoms with E-state index >= 15 is 0 Å². The minimum atomic E-state index is -0.582. The molecule has 1 aliphatic rings. The summed E-state index contributed by atoms with van der Waals surface area (Å²) >= 11 is 0. The quantitative estimate of drug-likeness (QED) is 0.556. The first-order chi connectivity index (χ1) is 16.0. The van der Waals surface area contributed by atoms with Crippen molar-refractivity contribution < 1.29 is 23.8 Å². The van der Waals surface area contributed by atoms with E-state index < -0.39 is 6.04 Å². The van der Waals surface area contributed by atoms with Crippen LogP contribution in [0.5, 0.6) is 17.2 Å². The molecule has 1 aliphatic carbocycles. The maximum Gasteiger partial charge on any atom is 0.261 e. The molecule has 1 atom stereocenters. The van der Waals surface area contributed by atoms with Crippen molar-refractivity contribution in [1.82, 2.24) is 10.2 Å². The highest BCUT2D eigenvalue weighted by molar-refractivity contribution is 5.88. The van der Waals surface area contributed by atoms with Crippen LogP contribution in [0.3, 0.4) is 0 Å². The van der Waals surface area contributed by atoms with Crippen LogP contribution in [0.25, 0.3) is 0 Å². The number of para-hydroxylation sites is 2. The van der Waals surface area contributed by atoms with E-state index in [1.807, 2.05) is 43.3 Å². The van der Waals surface area contributed by atoms with Gasteiger partial charge in [-0.3, -0.25) is 9.59 Å². The highest BCUT2D eigenvalue weighted by Crippen LogP contribution is 2.26. The van der Waals surface area contributed by atoms with Crippen LogP contribution in [0.4, 0.5) is 0 Å². The van der Waals surface area contributed by atoms with Gasteiger partial charge < -0.3 is 24.4 Å². The van der Waals surface area contributed by atoms with Crippen LogP contribution >= 0.6 is 0 Å². The first-order valence-corrected chi connectivity index (χ1v) is 11.5. The van der Waals surface area contributed by atoms with Crippen LogP contribution in [0.1, 0.15) is 44.6 Å². The molecule has 0 bridgehead atoms. The molecule has 0 spiro atoms. The zero-order valence-corrected chi connectivity index (χ0v) is 19.7. The Labute approximate surface area is 196 Å². The normalized spacial score (nSPS) is 14.4. The van der Waals surface area contributed by atoms with Gasteiger partial charge in [-0.1, -0.05) is 44.0 Å². The van der Waals surface area contributed by atoms with Gasteiger partial charge in [0.2, 0.25) is 5.91 Å². The maximum absolute atomic E-state index is 13.3. The maximum atomic E-state index is 13.3. The molecular weight excluding hydrogens is 420 g/mol. The van der Waals surface area contributed by atoms with Crippen LogP contribution in [0, 0.1) is 0 Å². The third kappa shape index (κ3) is 6.63. The Kier molecular flexibility index (Phi) is 8.98. The van der Waals surface area contributed by atoms with E-state index in [2.05, 4.69) is 5.32 Å². The number of amides is 2. The molecule has 0 radical (unpaired) electrons. The van der Waals surface area contributed by atoms with E-state index in [0.717, 1.165) is 37.0 Å². The molecule has 1 saturated carbocycles. The fourth-order valence-corrected chi connectivity index (χ4v) is 4.18. The Morgan fingerprint density at radius 1 is 1.00 bits per heavy atom. The minimum Gasteiger partial charge on any atom is -0.497 e. The van der Waals surface area contributed by atoms with Gasteiger partial charge in [0.05, 0.1) is 14.2 Å². The van der Waals surface area contributed by atoms with E-state index in [9.17, 15) is 9.59 Å². The molecule has 2 amide bonds. The topological polar surface area (TPSA) is 77.1 Å². The molecule has 2 aromatic carbocycles. The van der Waals surface area contributed by atoms with Gasteiger partial charge in [-0.05, 0) is 49.1 Å². The zero-order chi connectivity index (χ0) is 23.6. The number of hydrogen-bond donors (Lipinski definition) is 1. The van der Waals surface area contributed by atoms with Crippen LogP contribution in [-0.4, -0.2) is 49.6 Å². The molecule has 0 aromatic heterocycles. The number of carbonyl (C=O) groups excluding carboxylic acids is 2. The lowest BCUT2D eigenvalue weighted by Gasteiger charge is -2.31. The molecule has 2 aromatic rings. The van der Waals surface area contributed by atoms with Gasteiger partial charge in [0.1, 0.15) is 11.8 Å². The summed E-state index contributed by atoms with van der Waals surface area (Å²) in [4.78, 5) is 28.1. The lowest BCUT2D eigenvalue weighted by atomic mass is 10.1. The van der Waals surface area contributed by atoms with Crippen molar-refractivity contribution in [2.45, 2.75) is 57.7 Å². The fourth-order valence-electron chi connectivity index (χ4n) is 4.18. The molecule has 0 saturated heterocycles. The number of nitrogens with zero attached hydrogens (tertiary/aromatic N) is 1. The second-order valence-corrected chi connectivity index (χ2v) is 8.22. The Morgan fingerprint density at radius 2 is 1.67 bits per heavy atom. The lowest BCUT2D eigenvalue weighted by Crippen LogP contribution is -2.52. The van der Waals surface area contributed by atoms with Gasteiger partial charge in [-0.2, -0.15) is 0 Å². The molecule has 7 nitrogen and oxygen atoms in total. The smallest absolute Gasteiger partial charge is 0.261 e. The van der Waals surface area contributed by atoms with Gasteiger partial charge in [0, 0.05) is 12.6 Å². The molecule has 33 heavy (non-hydrogen) atoms. The van der Waals surface area contributed by atoms with Gasteiger partial charge in [-0.25, -0.2) is 0 Å². The van der Waals surface area contributed by atoms with Crippen molar-refractivity contribution in [1.29, 1.82) is 0 Å². The lowest BCUT2D eigenvalue weighted by molar-refractivity contribution is -0.143. The average Bonchev–Trinajstić information content (AvgIpc) is 3.36. The number of carbonyl (C=O) groups is 2. The summed E-state index contributed by atoms with van der Waals surface area (Å²) in [6.07, 6.45) is 4.75. The van der Waals surface area contributed by atoms with Crippen molar-refractivity contribution >= 4 is 11.8 Å². The van der Waals surface area contributed by atoms with Crippen LogP contribution in [0.15, 0.2) is 48.5 Å². The van der Waals surface area contributed by atoms with Crippen LogP contribution in [-0.2, 0) is 16.1 Å². The summed E-state index contributed by atoms with van der Waals surface area (Å²) in [5, 5.41) is 3.15. The van der Waals surface area contributed by atoms with Gasteiger partial charge in [0.15, 0.2) is 18.1 Å². The van der Waals surface area contributed by atoms with Crippen molar-refractivity contribution in [3.63, 3.8) is 0 Å². The number of methoxy groups -OCH3 is 2. The summed E-state index contributed by atoms with van der Waals surface area (Å²) in [6, 6.07) is 14.3. The van der Waals surface area contributed by atoms with E-state index in [0.29, 0.717) is 24.5 Å². The van der Waals surface area contributed by atoms with Crippen molar-refractivity contribution in [2.24, 2.45) is 0 Å². The highest BCUT2D eigenvalue weighted by atomic mass is 16.5. The number of nitrogens with one attached hydrogen (secondary N) is 1. The Morgan fingerprint density at radius 3 is 2.27 bits per heavy atom. The monoisotopic (exact) mass is 454 g/mol. The number of ether oxygens (including phenoxy) is 3. The molecular formula is C26H34N2O5. The third-order valence-corrected chi connectivity index (χ3v) is 6.02. The van der Waals surface area contributed by atoms with Crippen LogP contribution < -0.4 is 19.5 Å². The number of benzene rings is 2. The molecule has 178 valence electrons. The molecule has 0 aliphatic heterocycles. The predicted octanol–water partition coefficient (Wildman–Crippen LogP) is 3.95. The van der Waals surface area contributed by atoms with Crippen molar-refractivity contribution in [3.05, 3.63) is 54.1 Å². The SMILES string of the molecule is CCC(C(=O)NC1CCCC1)N(Cc1ccc(OC)cc1)C(=O)COc1ccccc1OC. The second-order valence-electron chi connectivity index (χ2n) is 8.22. The zero-order valence-electron chi connectivity index (χ0n) is 19.7. The van der Waals surface area contributed by atoms with E-state index in [1.54, 1.807) is 31.3 Å². The summed E-state index contributed by atoms with van der Waals surface area (Å²) < 4.78 is 16.3. The van der Waals surface area contributed by atoms with Crippen LogP contribution in [0.2, 0.25) is 0 Å². The highest BCUT2D eigenvalue weighted by Gasteiger charge is 2.31. The van der Waals surface area contributed by atoms with Crippen molar-refractivity contribution in [2.75, 3.05) is 20.8 Å². The Hall–Kier alpha value is -3.22. The summed E-state index contributed by atoms with van der Waals surface area (Å²) in [5.74, 6) is 1.41. The largest absolute Gasteiger partial charge is 0.497 e. The molecule has 7 heteroatoms. The van der Waals surface area contributed by atoms with Gasteiger partial charge in [0.25, 0.3) is 5.91 Å². The molecule has 1 fully saturated rings. The Bertz CT molecular complexity index is 909. The van der Waals surface area contributed by atoms with Gasteiger partial charge >= 0.3 is 0 Å². The summed E-state index contributed by atoms with van der Waals surface area (Å²) in [5.41, 5.74) is 0.911. The molecule has 1 N–H and O–H groups in total. The second kappa shape index (κ2) is 12.1. The average molecular weight is 455 g/mol. The number of hydrogen-bond acceptors (Lipinski definition) is 5. The van der Waals surface area contributed by atoms with E-state index in [1.165, 1.54) is 0 Å². The van der Waals surface area contributed by atoms with Crippen molar-refractivity contribution in [3.8, 4) is 17.2 Å². The Balaban J connectivity index is 1.77. The summed E-state index contributed by atoms with van der Waals surface area (Å²) in [6.45, 7) is 2.03. The van der Waals surface area contributed by atoms with E-state index in [4.69, 9.17) is 14.2 Å². The fraction of sp³-hybridized carbons (Fsp3) is 0.462. The minimum absolute atomic E-state index is 0.108. The first kappa shape index (κ1) is 24.4. The predicted molar refractivity (Wildman–Crippen MR) is 127 cm³/mol. The first-order valence-electron chi connectivity index (χ1n) is 11.5. The number of rotatable bonds is 11. The summed E-state index contributed by atoms with van der Waals surface area (Å²) in [7, 11) is 3.17. The molecule has 3 rings (SSSR count). The standard InChI is InChI=1S/C26H34N2O5/c1-4-22(26(30)27-20-9-5-6-10-20)28(17-19-13-15-21(31-2)16-14-19)25(29)18-33-24-12-8-7-11-23(24)32-3/h7-8,11-16,20,22H,4-6,9-10,17-18H2,1-3H3,(H,27,30). The van der Waals surface area contributed by atoms with Gasteiger partial charge in [-0.15, -0.1) is 0 Å². The van der Waals surface area contributed by atoms with E-state index in [-0.39, 0.29) is 24.5 Å². The third-order valence-electron chi connectivity index (χ3n) is 6.02.